The molecule has 1 aliphatic rings. The predicted molar refractivity (Wildman–Crippen MR) is 106 cm³/mol. The summed E-state index contributed by atoms with van der Waals surface area (Å²) in [7, 11) is 6.11. The zero-order chi connectivity index (χ0) is 20.0. The molecule has 0 amide bonds. The molecule has 1 fully saturated rings. The van der Waals surface area contributed by atoms with Gasteiger partial charge in [-0.1, -0.05) is 60.7 Å². The minimum atomic E-state index is -0.844. The molecule has 2 aromatic rings. The van der Waals surface area contributed by atoms with Crippen molar-refractivity contribution in [3.05, 3.63) is 71.8 Å². The summed E-state index contributed by atoms with van der Waals surface area (Å²) in [5.41, 5.74) is 1.23. The highest BCUT2D eigenvalue weighted by molar-refractivity contribution is 6.11. The Kier molecular flexibility index (Phi) is 6.89. The molecular formula is C22H25BO5. The van der Waals surface area contributed by atoms with Crippen LogP contribution in [0.2, 0.25) is 0 Å². The second-order valence-electron chi connectivity index (χ2n) is 7.16. The summed E-state index contributed by atoms with van der Waals surface area (Å²) in [6.45, 7) is 4.28. The molecule has 0 N–H and O–H groups in total. The molecule has 6 heteroatoms. The van der Waals surface area contributed by atoms with Gasteiger partial charge in [-0.15, -0.1) is 0 Å². The van der Waals surface area contributed by atoms with Gasteiger partial charge in [0.05, 0.1) is 25.8 Å². The Labute approximate surface area is 167 Å². The van der Waals surface area contributed by atoms with E-state index in [-0.39, 0.29) is 6.61 Å². The highest BCUT2D eigenvalue weighted by atomic mass is 16.6. The fraction of sp³-hybridized carbons (Fsp3) is 0.409. The summed E-state index contributed by atoms with van der Waals surface area (Å²) in [6.07, 6.45) is -1.26. The van der Waals surface area contributed by atoms with Gasteiger partial charge in [0.2, 0.25) is 0 Å². The lowest BCUT2D eigenvalue weighted by Gasteiger charge is -2.31. The predicted octanol–water partition coefficient (Wildman–Crippen LogP) is 3.00. The van der Waals surface area contributed by atoms with Crippen molar-refractivity contribution < 1.29 is 23.7 Å². The van der Waals surface area contributed by atoms with Crippen LogP contribution >= 0.6 is 0 Å². The summed E-state index contributed by atoms with van der Waals surface area (Å²) in [6, 6.07) is 18.9. The van der Waals surface area contributed by atoms with Crippen molar-refractivity contribution in [1.82, 2.24) is 0 Å². The van der Waals surface area contributed by atoms with Crippen LogP contribution in [-0.4, -0.2) is 44.2 Å². The topological polar surface area (TPSA) is 54.0 Å². The second-order valence-corrected chi connectivity index (χ2v) is 7.16. The Morgan fingerprint density at radius 3 is 2.18 bits per heavy atom. The number of hydrogen-bond donors (Lipinski definition) is 0. The minimum absolute atomic E-state index is 0.257. The Morgan fingerprint density at radius 2 is 1.61 bits per heavy atom. The number of rotatable bonds is 8. The molecule has 4 unspecified atom stereocenters. The summed E-state index contributed by atoms with van der Waals surface area (Å²) >= 11 is 0. The largest absolute Gasteiger partial charge is 0.458 e. The van der Waals surface area contributed by atoms with Gasteiger partial charge in [0.1, 0.15) is 25.7 Å². The van der Waals surface area contributed by atoms with Crippen LogP contribution in [0.1, 0.15) is 25.0 Å². The molecule has 0 saturated carbocycles. The molecule has 0 aliphatic carbocycles. The lowest BCUT2D eigenvalue weighted by atomic mass is 9.89. The lowest BCUT2D eigenvalue weighted by Crippen LogP contribution is -2.47. The molecule has 146 valence electrons. The van der Waals surface area contributed by atoms with Crippen LogP contribution in [0, 0.1) is 0 Å². The SMILES string of the molecule is [B]C1OC(C)(COCc2ccccc2)C(OCc2ccccc2)C1OC(C)=O. The summed E-state index contributed by atoms with van der Waals surface area (Å²) in [4.78, 5) is 11.6. The van der Waals surface area contributed by atoms with Gasteiger partial charge in [-0.25, -0.2) is 0 Å². The van der Waals surface area contributed by atoms with Gasteiger partial charge >= 0.3 is 5.97 Å². The van der Waals surface area contributed by atoms with Crippen LogP contribution in [0.3, 0.4) is 0 Å². The van der Waals surface area contributed by atoms with Gasteiger partial charge < -0.3 is 18.9 Å². The van der Waals surface area contributed by atoms with Crippen molar-refractivity contribution in [3.8, 4) is 0 Å². The first-order valence-electron chi connectivity index (χ1n) is 9.36. The Hall–Kier alpha value is -2.15. The zero-order valence-corrected chi connectivity index (χ0v) is 16.2. The average Bonchev–Trinajstić information content (AvgIpc) is 2.91. The normalized spacial score (nSPS) is 26.9. The van der Waals surface area contributed by atoms with E-state index in [9.17, 15) is 4.79 Å². The van der Waals surface area contributed by atoms with Gasteiger partial charge in [0.25, 0.3) is 0 Å². The minimum Gasteiger partial charge on any atom is -0.458 e. The van der Waals surface area contributed by atoms with Crippen LogP contribution in [0.4, 0.5) is 0 Å². The zero-order valence-electron chi connectivity index (χ0n) is 16.2. The summed E-state index contributed by atoms with van der Waals surface area (Å²) in [5.74, 6) is -0.424. The highest BCUT2D eigenvalue weighted by Crippen LogP contribution is 2.35. The smallest absolute Gasteiger partial charge is 0.303 e. The van der Waals surface area contributed by atoms with Crippen molar-refractivity contribution in [2.24, 2.45) is 0 Å². The van der Waals surface area contributed by atoms with E-state index in [1.54, 1.807) is 0 Å². The van der Waals surface area contributed by atoms with E-state index in [1.165, 1.54) is 6.92 Å². The van der Waals surface area contributed by atoms with Gasteiger partial charge in [-0.05, 0) is 18.1 Å². The van der Waals surface area contributed by atoms with Crippen molar-refractivity contribution in [3.63, 3.8) is 0 Å². The first-order chi connectivity index (χ1) is 13.5. The monoisotopic (exact) mass is 380 g/mol. The maximum absolute atomic E-state index is 11.6. The molecule has 1 aliphatic heterocycles. The van der Waals surface area contributed by atoms with E-state index >= 15 is 0 Å². The number of hydrogen-bond acceptors (Lipinski definition) is 5. The van der Waals surface area contributed by atoms with Crippen LogP contribution in [0.15, 0.2) is 60.7 Å². The molecule has 0 bridgehead atoms. The summed E-state index contributed by atoms with van der Waals surface area (Å²) < 4.78 is 23.4. The van der Waals surface area contributed by atoms with E-state index in [2.05, 4.69) is 0 Å². The van der Waals surface area contributed by atoms with Crippen LogP contribution in [0.25, 0.3) is 0 Å². The van der Waals surface area contributed by atoms with Crippen LogP contribution in [0.5, 0.6) is 0 Å². The molecular weight excluding hydrogens is 355 g/mol. The van der Waals surface area contributed by atoms with E-state index < -0.39 is 29.8 Å². The van der Waals surface area contributed by atoms with Crippen molar-refractivity contribution >= 4 is 13.8 Å². The maximum atomic E-state index is 11.6. The molecule has 2 aromatic carbocycles. The third-order valence-corrected chi connectivity index (χ3v) is 4.70. The third-order valence-electron chi connectivity index (χ3n) is 4.70. The average molecular weight is 380 g/mol. The fourth-order valence-electron chi connectivity index (χ4n) is 3.38. The molecule has 5 nitrogen and oxygen atoms in total. The summed E-state index contributed by atoms with van der Waals surface area (Å²) in [5, 5.41) is 0. The Bertz CT molecular complexity index is 754. The number of carbonyl (C=O) groups is 1. The van der Waals surface area contributed by atoms with E-state index in [0.717, 1.165) is 11.1 Å². The molecule has 0 spiro atoms. The molecule has 28 heavy (non-hydrogen) atoms. The number of benzene rings is 2. The lowest BCUT2D eigenvalue weighted by molar-refractivity contribution is -0.158. The Balaban J connectivity index is 1.69. The second kappa shape index (κ2) is 9.37. The third kappa shape index (κ3) is 5.22. The molecule has 1 saturated heterocycles. The van der Waals surface area contributed by atoms with Gasteiger partial charge in [-0.3, -0.25) is 4.79 Å². The van der Waals surface area contributed by atoms with E-state index in [0.29, 0.717) is 13.2 Å². The van der Waals surface area contributed by atoms with E-state index in [1.807, 2.05) is 67.6 Å². The number of esters is 1. The van der Waals surface area contributed by atoms with Crippen molar-refractivity contribution in [2.75, 3.05) is 6.61 Å². The quantitative estimate of drug-likeness (QED) is 0.521. The van der Waals surface area contributed by atoms with Gasteiger partial charge in [0, 0.05) is 6.92 Å². The Morgan fingerprint density at radius 1 is 1.04 bits per heavy atom. The van der Waals surface area contributed by atoms with Crippen LogP contribution in [-0.2, 0) is 37.0 Å². The van der Waals surface area contributed by atoms with Crippen molar-refractivity contribution in [1.29, 1.82) is 0 Å². The maximum Gasteiger partial charge on any atom is 0.303 e. The molecule has 2 radical (unpaired) electrons. The molecule has 3 rings (SSSR count). The first-order valence-corrected chi connectivity index (χ1v) is 9.36. The number of carbonyl (C=O) groups excluding carboxylic acids is 1. The first kappa shape index (κ1) is 20.6. The van der Waals surface area contributed by atoms with Crippen molar-refractivity contribution in [2.45, 2.75) is 50.9 Å². The molecule has 1 heterocycles. The van der Waals surface area contributed by atoms with Gasteiger partial charge in [0.15, 0.2) is 0 Å². The highest BCUT2D eigenvalue weighted by Gasteiger charge is 2.53. The van der Waals surface area contributed by atoms with Gasteiger partial charge in [-0.2, -0.15) is 0 Å². The fourth-order valence-corrected chi connectivity index (χ4v) is 3.38. The molecule has 0 aromatic heterocycles. The van der Waals surface area contributed by atoms with Crippen LogP contribution < -0.4 is 0 Å². The number of ether oxygens (including phenoxy) is 4. The molecule has 4 atom stereocenters. The standard InChI is InChI=1S/C22H25BO5/c1-16(24)27-19-20(26-14-18-11-7-4-8-12-18)22(2,28-21(19)23)15-25-13-17-9-5-3-6-10-17/h3-12,19-21H,13-15H2,1-2H3. The van der Waals surface area contributed by atoms with E-state index in [4.69, 9.17) is 26.8 Å².